The molecule has 1 atom stereocenters. The van der Waals surface area contributed by atoms with Crippen molar-refractivity contribution < 1.29 is 9.53 Å². The van der Waals surface area contributed by atoms with Crippen LogP contribution in [0.25, 0.3) is 20.8 Å². The van der Waals surface area contributed by atoms with Gasteiger partial charge >= 0.3 is 5.97 Å². The molecule has 0 aliphatic heterocycles. The minimum absolute atomic E-state index is 0.352. The number of aryl methyl sites for hydroxylation is 1. The summed E-state index contributed by atoms with van der Waals surface area (Å²) >= 11 is 7.78. The highest BCUT2D eigenvalue weighted by atomic mass is 35.5. The molecule has 0 bridgehead atoms. The molecule has 7 heteroatoms. The number of carbonyl (C=O) groups excluding carboxylic acids is 1. The number of hydrogen-bond donors (Lipinski definition) is 0. The van der Waals surface area contributed by atoms with Gasteiger partial charge in [-0.2, -0.15) is 0 Å². The summed E-state index contributed by atoms with van der Waals surface area (Å²) in [6.07, 6.45) is 9.02. The van der Waals surface area contributed by atoms with Crippen molar-refractivity contribution in [2.45, 2.75) is 32.7 Å². The van der Waals surface area contributed by atoms with Crippen LogP contribution in [0.15, 0.2) is 55.1 Å². The Balaban J connectivity index is 1.53. The van der Waals surface area contributed by atoms with Crippen LogP contribution in [0.2, 0.25) is 5.02 Å². The Labute approximate surface area is 190 Å². The molecule has 0 radical (unpaired) electrons. The second-order valence-corrected chi connectivity index (χ2v) is 9.01. The standard InChI is InChI=1S/C24H24ClN3O2S/c1-3-16(8-10-28-11-9-26-15-28)12-17-4-7-21-22(13-17)31-23(27-21)18-5-6-20(25)19(14-18)24(29)30-2/h4-7,9,11,13-16H,3,8,10,12H2,1-2H3. The van der Waals surface area contributed by atoms with Crippen LogP contribution in [0, 0.1) is 5.92 Å². The van der Waals surface area contributed by atoms with Crippen LogP contribution in [0.4, 0.5) is 0 Å². The Morgan fingerprint density at radius 1 is 1.26 bits per heavy atom. The zero-order valence-electron chi connectivity index (χ0n) is 17.5. The molecule has 160 valence electrons. The summed E-state index contributed by atoms with van der Waals surface area (Å²) in [5.74, 6) is 0.169. The molecule has 0 N–H and O–H groups in total. The highest BCUT2D eigenvalue weighted by molar-refractivity contribution is 7.21. The van der Waals surface area contributed by atoms with Gasteiger partial charge in [-0.3, -0.25) is 0 Å². The lowest BCUT2D eigenvalue weighted by atomic mass is 9.94. The lowest BCUT2D eigenvalue weighted by Crippen LogP contribution is -2.07. The maximum Gasteiger partial charge on any atom is 0.339 e. The van der Waals surface area contributed by atoms with E-state index in [0.717, 1.165) is 46.6 Å². The highest BCUT2D eigenvalue weighted by Gasteiger charge is 2.15. The van der Waals surface area contributed by atoms with Crippen LogP contribution in [0.5, 0.6) is 0 Å². The maximum atomic E-state index is 12.0. The van der Waals surface area contributed by atoms with Crippen molar-refractivity contribution in [3.63, 3.8) is 0 Å². The summed E-state index contributed by atoms with van der Waals surface area (Å²) in [7, 11) is 1.35. The second-order valence-electron chi connectivity index (χ2n) is 7.57. The van der Waals surface area contributed by atoms with Crippen LogP contribution < -0.4 is 0 Å². The smallest absolute Gasteiger partial charge is 0.339 e. The minimum atomic E-state index is -0.448. The number of esters is 1. The van der Waals surface area contributed by atoms with Gasteiger partial charge in [0.2, 0.25) is 0 Å². The fourth-order valence-corrected chi connectivity index (χ4v) is 4.90. The quantitative estimate of drug-likeness (QED) is 0.295. The van der Waals surface area contributed by atoms with Gasteiger partial charge in [0.15, 0.2) is 0 Å². The van der Waals surface area contributed by atoms with Crippen molar-refractivity contribution in [3.05, 3.63) is 71.3 Å². The average molecular weight is 454 g/mol. The van der Waals surface area contributed by atoms with E-state index in [2.05, 4.69) is 34.7 Å². The molecule has 31 heavy (non-hydrogen) atoms. The minimum Gasteiger partial charge on any atom is -0.465 e. The molecule has 4 rings (SSSR count). The average Bonchev–Trinajstić information content (AvgIpc) is 3.45. The first-order chi connectivity index (χ1) is 15.1. The normalized spacial score (nSPS) is 12.2. The summed E-state index contributed by atoms with van der Waals surface area (Å²) in [4.78, 5) is 20.8. The monoisotopic (exact) mass is 453 g/mol. The summed E-state index contributed by atoms with van der Waals surface area (Å²) < 4.78 is 8.11. The summed E-state index contributed by atoms with van der Waals surface area (Å²) in [6, 6.07) is 11.9. The molecule has 0 saturated carbocycles. The molecular weight excluding hydrogens is 430 g/mol. The fourth-order valence-electron chi connectivity index (χ4n) is 3.68. The summed E-state index contributed by atoms with van der Waals surface area (Å²) in [5, 5.41) is 1.24. The van der Waals surface area contributed by atoms with Crippen molar-refractivity contribution in [1.82, 2.24) is 14.5 Å². The van der Waals surface area contributed by atoms with Gasteiger partial charge < -0.3 is 9.30 Å². The molecule has 4 aromatic rings. The van der Waals surface area contributed by atoms with Gasteiger partial charge in [0.25, 0.3) is 0 Å². The molecule has 0 saturated heterocycles. The molecule has 2 aromatic heterocycles. The van der Waals surface area contributed by atoms with E-state index in [0.29, 0.717) is 16.5 Å². The molecule has 1 unspecified atom stereocenters. The molecule has 0 aliphatic rings. The second kappa shape index (κ2) is 9.62. The molecule has 0 spiro atoms. The Kier molecular flexibility index (Phi) is 6.68. The van der Waals surface area contributed by atoms with Crippen LogP contribution in [0.1, 0.15) is 35.7 Å². The largest absolute Gasteiger partial charge is 0.465 e. The molecule has 0 fully saturated rings. The number of carbonyl (C=O) groups is 1. The molecule has 2 aromatic carbocycles. The SMILES string of the molecule is CCC(CCn1ccnc1)Cc1ccc2nc(-c3ccc(Cl)c(C(=O)OC)c3)sc2c1. The van der Waals surface area contributed by atoms with E-state index in [9.17, 15) is 4.79 Å². The van der Waals surface area contributed by atoms with Gasteiger partial charge in [0, 0.05) is 24.5 Å². The van der Waals surface area contributed by atoms with E-state index < -0.39 is 5.97 Å². The highest BCUT2D eigenvalue weighted by Crippen LogP contribution is 2.33. The van der Waals surface area contributed by atoms with Gasteiger partial charge in [0.1, 0.15) is 5.01 Å². The lowest BCUT2D eigenvalue weighted by molar-refractivity contribution is 0.0601. The third kappa shape index (κ3) is 4.97. The number of benzene rings is 2. The van der Waals surface area contributed by atoms with Crippen molar-refractivity contribution in [2.75, 3.05) is 7.11 Å². The predicted molar refractivity (Wildman–Crippen MR) is 126 cm³/mol. The topological polar surface area (TPSA) is 57.0 Å². The maximum absolute atomic E-state index is 12.0. The van der Waals surface area contributed by atoms with Crippen molar-refractivity contribution in [3.8, 4) is 10.6 Å². The number of ether oxygens (including phenoxy) is 1. The van der Waals surface area contributed by atoms with E-state index in [4.69, 9.17) is 21.3 Å². The Bertz CT molecular complexity index is 1190. The van der Waals surface area contributed by atoms with Crippen LogP contribution in [-0.2, 0) is 17.7 Å². The molecule has 0 amide bonds. The van der Waals surface area contributed by atoms with Gasteiger partial charge in [-0.1, -0.05) is 37.1 Å². The number of aromatic nitrogens is 3. The van der Waals surface area contributed by atoms with Gasteiger partial charge in [0.05, 0.1) is 34.2 Å². The number of thiazole rings is 1. The van der Waals surface area contributed by atoms with Crippen LogP contribution in [0.3, 0.4) is 0 Å². The van der Waals surface area contributed by atoms with E-state index in [1.165, 1.54) is 12.7 Å². The zero-order chi connectivity index (χ0) is 21.8. The molecule has 0 aliphatic carbocycles. The fraction of sp³-hybridized carbons (Fsp3) is 0.292. The van der Waals surface area contributed by atoms with Gasteiger partial charge in [-0.15, -0.1) is 11.3 Å². The first-order valence-electron chi connectivity index (χ1n) is 10.3. The molecular formula is C24H24ClN3O2S. The van der Waals surface area contributed by atoms with E-state index in [1.54, 1.807) is 23.5 Å². The first kappa shape index (κ1) is 21.5. The zero-order valence-corrected chi connectivity index (χ0v) is 19.1. The van der Waals surface area contributed by atoms with Crippen molar-refractivity contribution in [1.29, 1.82) is 0 Å². The van der Waals surface area contributed by atoms with E-state index >= 15 is 0 Å². The first-order valence-corrected chi connectivity index (χ1v) is 11.5. The Hall–Kier alpha value is -2.70. The number of methoxy groups -OCH3 is 1. The number of fused-ring (bicyclic) bond motifs is 1. The Morgan fingerprint density at radius 3 is 2.87 bits per heavy atom. The predicted octanol–water partition coefficient (Wildman–Crippen LogP) is 6.26. The van der Waals surface area contributed by atoms with Crippen LogP contribution >= 0.6 is 22.9 Å². The van der Waals surface area contributed by atoms with Gasteiger partial charge in [-0.25, -0.2) is 14.8 Å². The third-order valence-electron chi connectivity index (χ3n) is 5.53. The van der Waals surface area contributed by atoms with E-state index in [1.807, 2.05) is 24.8 Å². The number of imidazole rings is 1. The molecule has 2 heterocycles. The number of halogens is 1. The Morgan fingerprint density at radius 2 is 2.13 bits per heavy atom. The van der Waals surface area contributed by atoms with Crippen molar-refractivity contribution in [2.24, 2.45) is 5.92 Å². The van der Waals surface area contributed by atoms with E-state index in [-0.39, 0.29) is 0 Å². The summed E-state index contributed by atoms with van der Waals surface area (Å²) in [6.45, 7) is 3.24. The summed E-state index contributed by atoms with van der Waals surface area (Å²) in [5.41, 5.74) is 3.50. The van der Waals surface area contributed by atoms with Gasteiger partial charge in [-0.05, 0) is 48.6 Å². The third-order valence-corrected chi connectivity index (χ3v) is 6.92. The number of nitrogens with zero attached hydrogens (tertiary/aromatic N) is 3. The van der Waals surface area contributed by atoms with Crippen LogP contribution in [-0.4, -0.2) is 27.6 Å². The lowest BCUT2D eigenvalue weighted by Gasteiger charge is -2.15. The number of hydrogen-bond acceptors (Lipinski definition) is 5. The van der Waals surface area contributed by atoms with Crippen molar-refractivity contribution >= 4 is 39.1 Å². The number of rotatable bonds is 8. The molecule has 5 nitrogen and oxygen atoms in total.